The molecule has 3 aliphatic rings. The molecule has 4 heteroatoms. The van der Waals surface area contributed by atoms with Crippen LogP contribution in [0.4, 0.5) is 0 Å². The SMILES string of the molecule is CC(C)(C)[Si](C)(C)O[C@@H]1CC[C@H]2C(=CCC3=C2C(=O)c2ccccc2C3=O)C1. The highest BCUT2D eigenvalue weighted by Crippen LogP contribution is 2.46. The van der Waals surface area contributed by atoms with Crippen molar-refractivity contribution in [1.82, 2.24) is 0 Å². The lowest BCUT2D eigenvalue weighted by Gasteiger charge is -2.43. The molecule has 0 amide bonds. The lowest BCUT2D eigenvalue weighted by molar-refractivity contribution is 0.0952. The maximum Gasteiger partial charge on any atom is 0.192 e. The van der Waals surface area contributed by atoms with E-state index in [-0.39, 0.29) is 28.6 Å². The van der Waals surface area contributed by atoms with Gasteiger partial charge in [-0.05, 0) is 43.8 Å². The molecule has 1 saturated carbocycles. The van der Waals surface area contributed by atoms with Gasteiger partial charge in [0, 0.05) is 34.3 Å². The van der Waals surface area contributed by atoms with Crippen LogP contribution in [-0.2, 0) is 4.43 Å². The van der Waals surface area contributed by atoms with Gasteiger partial charge in [-0.3, -0.25) is 9.59 Å². The average Bonchev–Trinajstić information content (AvgIpc) is 2.64. The molecular weight excluding hydrogens is 364 g/mol. The summed E-state index contributed by atoms with van der Waals surface area (Å²) in [5, 5.41) is 0.190. The summed E-state index contributed by atoms with van der Waals surface area (Å²) in [6, 6.07) is 7.26. The summed E-state index contributed by atoms with van der Waals surface area (Å²) in [5.74, 6) is 0.192. The maximum atomic E-state index is 13.2. The Labute approximate surface area is 169 Å². The minimum Gasteiger partial charge on any atom is -0.414 e. The summed E-state index contributed by atoms with van der Waals surface area (Å²) < 4.78 is 6.66. The van der Waals surface area contributed by atoms with Crippen molar-refractivity contribution < 1.29 is 14.0 Å². The highest BCUT2D eigenvalue weighted by Gasteiger charge is 2.44. The molecule has 4 rings (SSSR count). The first-order chi connectivity index (χ1) is 13.1. The van der Waals surface area contributed by atoms with E-state index in [0.29, 0.717) is 17.5 Å². The third-order valence-electron chi connectivity index (χ3n) is 7.13. The molecule has 1 aromatic carbocycles. The Morgan fingerprint density at radius 1 is 1.00 bits per heavy atom. The van der Waals surface area contributed by atoms with Gasteiger partial charge in [-0.1, -0.05) is 56.7 Å². The van der Waals surface area contributed by atoms with Gasteiger partial charge in [0.15, 0.2) is 19.9 Å². The van der Waals surface area contributed by atoms with E-state index in [1.54, 1.807) is 12.1 Å². The van der Waals surface area contributed by atoms with Crippen LogP contribution in [0.15, 0.2) is 47.1 Å². The van der Waals surface area contributed by atoms with Gasteiger partial charge in [-0.25, -0.2) is 0 Å². The lowest BCUT2D eigenvalue weighted by Crippen LogP contribution is -2.45. The average molecular weight is 395 g/mol. The van der Waals surface area contributed by atoms with Gasteiger partial charge < -0.3 is 4.43 Å². The van der Waals surface area contributed by atoms with Crippen molar-refractivity contribution in [3.05, 3.63) is 58.2 Å². The van der Waals surface area contributed by atoms with Gasteiger partial charge in [0.05, 0.1) is 0 Å². The van der Waals surface area contributed by atoms with Crippen molar-refractivity contribution in [3.8, 4) is 0 Å². The number of ketones is 2. The Balaban J connectivity index is 1.58. The second-order valence-electron chi connectivity index (χ2n) is 9.91. The van der Waals surface area contributed by atoms with E-state index in [1.807, 2.05) is 12.1 Å². The van der Waals surface area contributed by atoms with Crippen LogP contribution in [0.5, 0.6) is 0 Å². The second-order valence-corrected chi connectivity index (χ2v) is 14.7. The number of fused-ring (bicyclic) bond motifs is 3. The highest BCUT2D eigenvalue weighted by molar-refractivity contribution is 6.74. The molecule has 0 heterocycles. The van der Waals surface area contributed by atoms with Gasteiger partial charge in [0.2, 0.25) is 0 Å². The van der Waals surface area contributed by atoms with Crippen molar-refractivity contribution in [2.45, 2.75) is 70.7 Å². The molecule has 0 saturated heterocycles. The zero-order chi connectivity index (χ0) is 20.3. The van der Waals surface area contributed by atoms with Crippen LogP contribution < -0.4 is 0 Å². The zero-order valence-electron chi connectivity index (χ0n) is 17.6. The molecule has 2 atom stereocenters. The first kappa shape index (κ1) is 19.5. The summed E-state index contributed by atoms with van der Waals surface area (Å²) in [7, 11) is -1.82. The van der Waals surface area contributed by atoms with Crippen molar-refractivity contribution in [2.75, 3.05) is 0 Å². The van der Waals surface area contributed by atoms with E-state index in [0.717, 1.165) is 30.4 Å². The largest absolute Gasteiger partial charge is 0.414 e. The Morgan fingerprint density at radius 2 is 1.64 bits per heavy atom. The number of rotatable bonds is 2. The topological polar surface area (TPSA) is 43.4 Å². The van der Waals surface area contributed by atoms with Gasteiger partial charge in [-0.2, -0.15) is 0 Å². The predicted octanol–water partition coefficient (Wildman–Crippen LogP) is 5.88. The molecule has 148 valence electrons. The van der Waals surface area contributed by atoms with Crippen LogP contribution in [0.2, 0.25) is 18.1 Å². The Hall–Kier alpha value is -1.78. The number of hydrogen-bond acceptors (Lipinski definition) is 3. The molecule has 0 aliphatic heterocycles. The van der Waals surface area contributed by atoms with E-state index in [9.17, 15) is 9.59 Å². The summed E-state index contributed by atoms with van der Waals surface area (Å²) in [5.41, 5.74) is 3.94. The quantitative estimate of drug-likeness (QED) is 0.464. The van der Waals surface area contributed by atoms with E-state index in [1.165, 1.54) is 5.57 Å². The number of carbonyl (C=O) groups excluding carboxylic acids is 2. The fraction of sp³-hybridized carbons (Fsp3) is 0.500. The number of allylic oxidation sites excluding steroid dienone is 3. The fourth-order valence-corrected chi connectivity index (χ4v) is 5.93. The molecule has 0 radical (unpaired) electrons. The standard InChI is InChI=1S/C24H30O3Si/c1-24(2,3)28(4,5)27-16-11-13-17-15(14-16)10-12-20-21(17)23(26)19-9-7-6-8-18(19)22(20)25/h6-10,16-17H,11-14H2,1-5H3/t16-,17+/m1/s1. The lowest BCUT2D eigenvalue weighted by atomic mass is 9.67. The molecule has 0 bridgehead atoms. The van der Waals surface area contributed by atoms with E-state index < -0.39 is 8.32 Å². The highest BCUT2D eigenvalue weighted by atomic mass is 28.4. The number of carbonyl (C=O) groups is 2. The molecule has 0 aromatic heterocycles. The predicted molar refractivity (Wildman–Crippen MR) is 114 cm³/mol. The smallest absolute Gasteiger partial charge is 0.192 e. The van der Waals surface area contributed by atoms with Crippen LogP contribution in [-0.4, -0.2) is 26.0 Å². The van der Waals surface area contributed by atoms with E-state index >= 15 is 0 Å². The Morgan fingerprint density at radius 3 is 2.29 bits per heavy atom. The van der Waals surface area contributed by atoms with Gasteiger partial charge >= 0.3 is 0 Å². The minimum atomic E-state index is -1.82. The molecule has 0 unspecified atom stereocenters. The number of hydrogen-bond donors (Lipinski definition) is 0. The van der Waals surface area contributed by atoms with Crippen molar-refractivity contribution in [3.63, 3.8) is 0 Å². The number of benzene rings is 1. The molecule has 0 N–H and O–H groups in total. The minimum absolute atomic E-state index is 0.0418. The zero-order valence-corrected chi connectivity index (χ0v) is 18.6. The molecule has 3 nitrogen and oxygen atoms in total. The van der Waals surface area contributed by atoms with Gasteiger partial charge in [0.25, 0.3) is 0 Å². The van der Waals surface area contributed by atoms with Crippen molar-refractivity contribution in [1.29, 1.82) is 0 Å². The van der Waals surface area contributed by atoms with E-state index in [2.05, 4.69) is 39.9 Å². The summed E-state index contributed by atoms with van der Waals surface area (Å²) in [4.78, 5) is 26.2. The van der Waals surface area contributed by atoms with Crippen LogP contribution in [0.3, 0.4) is 0 Å². The Kier molecular flexibility index (Phi) is 4.63. The first-order valence-electron chi connectivity index (χ1n) is 10.4. The van der Waals surface area contributed by atoms with Gasteiger partial charge in [0.1, 0.15) is 0 Å². The fourth-order valence-electron chi connectivity index (χ4n) is 4.55. The number of Topliss-reactive ketones (excluding diaryl/α,β-unsaturated/α-hetero) is 2. The normalized spacial score (nSPS) is 25.1. The second kappa shape index (κ2) is 6.63. The van der Waals surface area contributed by atoms with Crippen LogP contribution in [0, 0.1) is 5.92 Å². The molecular formula is C24H30O3Si. The van der Waals surface area contributed by atoms with Crippen LogP contribution in [0.25, 0.3) is 0 Å². The third-order valence-corrected chi connectivity index (χ3v) is 11.7. The molecule has 3 aliphatic carbocycles. The van der Waals surface area contributed by atoms with Crippen molar-refractivity contribution >= 4 is 19.9 Å². The third kappa shape index (κ3) is 3.07. The maximum absolute atomic E-state index is 13.2. The summed E-state index contributed by atoms with van der Waals surface area (Å²) in [6.45, 7) is 11.4. The molecule has 1 aromatic rings. The summed E-state index contributed by atoms with van der Waals surface area (Å²) >= 11 is 0. The van der Waals surface area contributed by atoms with Gasteiger partial charge in [-0.15, -0.1) is 0 Å². The first-order valence-corrected chi connectivity index (χ1v) is 13.3. The van der Waals surface area contributed by atoms with E-state index in [4.69, 9.17) is 4.43 Å². The molecule has 1 fully saturated rings. The Bertz CT molecular complexity index is 914. The van der Waals surface area contributed by atoms with Crippen LogP contribution in [0.1, 0.15) is 67.2 Å². The molecule has 28 heavy (non-hydrogen) atoms. The monoisotopic (exact) mass is 394 g/mol. The van der Waals surface area contributed by atoms with Crippen molar-refractivity contribution in [2.24, 2.45) is 5.92 Å². The van der Waals surface area contributed by atoms with Crippen LogP contribution >= 0.6 is 0 Å². The summed E-state index contributed by atoms with van der Waals surface area (Å²) in [6.07, 6.45) is 5.74. The molecule has 0 spiro atoms.